The molecule has 1 amide bonds. The van der Waals surface area contributed by atoms with E-state index in [1.807, 2.05) is 35.7 Å². The van der Waals surface area contributed by atoms with E-state index in [0.29, 0.717) is 15.9 Å². The van der Waals surface area contributed by atoms with Crippen LogP contribution >= 0.6 is 23.1 Å². The van der Waals surface area contributed by atoms with Gasteiger partial charge in [-0.2, -0.15) is 0 Å². The van der Waals surface area contributed by atoms with Crippen LogP contribution in [-0.2, 0) is 4.79 Å². The summed E-state index contributed by atoms with van der Waals surface area (Å²) in [5, 5.41) is 15.9. The van der Waals surface area contributed by atoms with E-state index in [2.05, 4.69) is 10.3 Å². The Bertz CT molecular complexity index is 1330. The van der Waals surface area contributed by atoms with E-state index in [1.54, 1.807) is 0 Å². The predicted molar refractivity (Wildman–Crippen MR) is 122 cm³/mol. The van der Waals surface area contributed by atoms with E-state index < -0.39 is 4.92 Å². The average molecular weight is 454 g/mol. The summed E-state index contributed by atoms with van der Waals surface area (Å²) in [4.78, 5) is 40.3. The van der Waals surface area contributed by atoms with Crippen molar-refractivity contribution in [3.63, 3.8) is 0 Å². The monoisotopic (exact) mass is 453 g/mol. The van der Waals surface area contributed by atoms with Crippen LogP contribution in [0.3, 0.4) is 0 Å². The number of hydrogen-bond acceptors (Lipinski definition) is 8. The number of anilines is 1. The van der Waals surface area contributed by atoms with Gasteiger partial charge in [0.25, 0.3) is 11.2 Å². The Morgan fingerprint density at radius 3 is 2.58 bits per heavy atom. The smallest absolute Gasteiger partial charge is 0.282 e. The molecule has 0 spiro atoms. The molecule has 9 nitrogen and oxygen atoms in total. The first-order valence-electron chi connectivity index (χ1n) is 8.96. The standard InChI is InChI=1S/C20H15N5O4S2/c21-24-19(27)17-15(12-4-2-1-3-5-12)10-30-18(17)23-20(24)31-11-16(26)22-13-6-8-14(9-7-13)25(28)29/h1-10H,11,21H2,(H,22,26). The highest BCUT2D eigenvalue weighted by Crippen LogP contribution is 2.31. The Labute approximate surface area is 183 Å². The van der Waals surface area contributed by atoms with Gasteiger partial charge in [-0.15, -0.1) is 11.3 Å². The summed E-state index contributed by atoms with van der Waals surface area (Å²) >= 11 is 2.37. The molecule has 0 unspecified atom stereocenters. The molecule has 0 atom stereocenters. The zero-order valence-corrected chi connectivity index (χ0v) is 17.5. The molecule has 11 heteroatoms. The zero-order chi connectivity index (χ0) is 22.0. The molecular weight excluding hydrogens is 438 g/mol. The number of non-ortho nitro benzene ring substituents is 1. The zero-order valence-electron chi connectivity index (χ0n) is 15.8. The molecule has 0 radical (unpaired) electrons. The summed E-state index contributed by atoms with van der Waals surface area (Å²) < 4.78 is 0.950. The Morgan fingerprint density at radius 1 is 1.19 bits per heavy atom. The van der Waals surface area contributed by atoms with E-state index >= 15 is 0 Å². The van der Waals surface area contributed by atoms with Crippen molar-refractivity contribution in [2.45, 2.75) is 5.16 Å². The summed E-state index contributed by atoms with van der Waals surface area (Å²) in [5.74, 6) is 5.57. The van der Waals surface area contributed by atoms with Crippen LogP contribution in [0.15, 0.2) is 69.9 Å². The number of thiophene rings is 1. The first kappa shape index (κ1) is 20.6. The fourth-order valence-corrected chi connectivity index (χ4v) is 4.62. The number of hydrogen-bond donors (Lipinski definition) is 2. The third kappa shape index (κ3) is 4.27. The number of carbonyl (C=O) groups excluding carboxylic acids is 1. The van der Waals surface area contributed by atoms with Crippen LogP contribution in [0, 0.1) is 10.1 Å². The van der Waals surface area contributed by atoms with Gasteiger partial charge < -0.3 is 11.2 Å². The van der Waals surface area contributed by atoms with Crippen molar-refractivity contribution in [2.75, 3.05) is 16.9 Å². The number of nitrogen functional groups attached to an aromatic ring is 1. The molecule has 4 rings (SSSR count). The van der Waals surface area contributed by atoms with Gasteiger partial charge in [0.05, 0.1) is 16.1 Å². The van der Waals surface area contributed by atoms with Crippen LogP contribution in [0.1, 0.15) is 0 Å². The van der Waals surface area contributed by atoms with Crippen molar-refractivity contribution < 1.29 is 9.72 Å². The Balaban J connectivity index is 1.51. The van der Waals surface area contributed by atoms with Crippen molar-refractivity contribution in [1.29, 1.82) is 0 Å². The maximum atomic E-state index is 12.9. The third-order valence-electron chi connectivity index (χ3n) is 4.39. The molecule has 0 bridgehead atoms. The highest BCUT2D eigenvalue weighted by Gasteiger charge is 2.17. The Morgan fingerprint density at radius 2 is 1.90 bits per heavy atom. The fraction of sp³-hybridized carbons (Fsp3) is 0.0500. The molecule has 4 aromatic rings. The maximum Gasteiger partial charge on any atom is 0.282 e. The molecule has 2 aromatic carbocycles. The third-order valence-corrected chi connectivity index (χ3v) is 6.21. The fourth-order valence-electron chi connectivity index (χ4n) is 2.91. The number of nitrogens with one attached hydrogen (secondary N) is 1. The molecular formula is C20H15N5O4S2. The van der Waals surface area contributed by atoms with Crippen LogP contribution in [0.5, 0.6) is 0 Å². The van der Waals surface area contributed by atoms with Crippen molar-refractivity contribution in [2.24, 2.45) is 0 Å². The summed E-state index contributed by atoms with van der Waals surface area (Å²) in [7, 11) is 0. The van der Waals surface area contributed by atoms with Gasteiger partial charge in [-0.3, -0.25) is 19.7 Å². The van der Waals surface area contributed by atoms with Crippen molar-refractivity contribution >= 4 is 50.6 Å². The van der Waals surface area contributed by atoms with Crippen molar-refractivity contribution in [3.8, 4) is 11.1 Å². The van der Waals surface area contributed by atoms with E-state index in [0.717, 1.165) is 27.6 Å². The van der Waals surface area contributed by atoms with Gasteiger partial charge in [0.1, 0.15) is 4.83 Å². The van der Waals surface area contributed by atoms with E-state index in [4.69, 9.17) is 5.84 Å². The minimum absolute atomic E-state index is 0.0386. The van der Waals surface area contributed by atoms with Gasteiger partial charge in [0.15, 0.2) is 5.16 Å². The van der Waals surface area contributed by atoms with Crippen LogP contribution in [0.4, 0.5) is 11.4 Å². The normalized spacial score (nSPS) is 10.8. The summed E-state index contributed by atoms with van der Waals surface area (Å²) in [6, 6.07) is 15.0. The molecule has 0 saturated heterocycles. The SMILES string of the molecule is Nn1c(SCC(=O)Nc2ccc([N+](=O)[O-])cc2)nc2scc(-c3ccccc3)c2c1=O. The van der Waals surface area contributed by atoms with E-state index in [9.17, 15) is 19.7 Å². The number of nitrogens with two attached hydrogens (primary N) is 1. The number of carbonyl (C=O) groups is 1. The minimum Gasteiger partial charge on any atom is -0.334 e. The predicted octanol–water partition coefficient (Wildman–Crippen LogP) is 3.48. The van der Waals surface area contributed by atoms with Crippen LogP contribution < -0.4 is 16.7 Å². The van der Waals surface area contributed by atoms with Gasteiger partial charge in [0, 0.05) is 28.8 Å². The molecule has 156 valence electrons. The quantitative estimate of drug-likeness (QED) is 0.150. The van der Waals surface area contributed by atoms with Gasteiger partial charge in [-0.05, 0) is 17.7 Å². The first-order valence-corrected chi connectivity index (χ1v) is 10.8. The second-order valence-electron chi connectivity index (χ2n) is 6.41. The molecule has 2 heterocycles. The highest BCUT2D eigenvalue weighted by molar-refractivity contribution is 7.99. The Kier molecular flexibility index (Phi) is 5.69. The second-order valence-corrected chi connectivity index (χ2v) is 8.21. The van der Waals surface area contributed by atoms with E-state index in [-0.39, 0.29) is 28.1 Å². The number of rotatable bonds is 6. The van der Waals surface area contributed by atoms with Crippen molar-refractivity contribution in [1.82, 2.24) is 9.66 Å². The molecule has 0 aliphatic heterocycles. The molecule has 0 aliphatic carbocycles. The van der Waals surface area contributed by atoms with E-state index in [1.165, 1.54) is 35.6 Å². The lowest BCUT2D eigenvalue weighted by Gasteiger charge is -2.08. The number of nitro groups is 1. The molecule has 0 saturated carbocycles. The lowest BCUT2D eigenvalue weighted by Crippen LogP contribution is -2.30. The van der Waals surface area contributed by atoms with Gasteiger partial charge in [-0.25, -0.2) is 9.66 Å². The minimum atomic E-state index is -0.516. The summed E-state index contributed by atoms with van der Waals surface area (Å²) in [6.07, 6.45) is 0. The summed E-state index contributed by atoms with van der Waals surface area (Å²) in [6.45, 7) is 0. The highest BCUT2D eigenvalue weighted by atomic mass is 32.2. The maximum absolute atomic E-state index is 12.9. The number of nitrogens with zero attached hydrogens (tertiary/aromatic N) is 3. The van der Waals surface area contributed by atoms with Gasteiger partial charge in [0.2, 0.25) is 5.91 Å². The number of amides is 1. The van der Waals surface area contributed by atoms with Crippen LogP contribution in [0.25, 0.3) is 21.3 Å². The molecule has 31 heavy (non-hydrogen) atoms. The lowest BCUT2D eigenvalue weighted by atomic mass is 10.1. The number of benzene rings is 2. The van der Waals surface area contributed by atoms with Crippen molar-refractivity contribution in [3.05, 3.63) is 80.4 Å². The number of nitro benzene ring substituents is 1. The second kappa shape index (κ2) is 8.58. The number of thioether (sulfide) groups is 1. The summed E-state index contributed by atoms with van der Waals surface area (Å²) in [5.41, 5.74) is 1.64. The largest absolute Gasteiger partial charge is 0.334 e. The lowest BCUT2D eigenvalue weighted by molar-refractivity contribution is -0.384. The molecule has 2 aromatic heterocycles. The molecule has 0 aliphatic rings. The van der Waals surface area contributed by atoms with Gasteiger partial charge >= 0.3 is 0 Å². The first-order chi connectivity index (χ1) is 14.9. The number of fused-ring (bicyclic) bond motifs is 1. The van der Waals surface area contributed by atoms with Crippen LogP contribution in [-0.4, -0.2) is 26.2 Å². The Hall–Kier alpha value is -3.70. The van der Waals surface area contributed by atoms with Crippen LogP contribution in [0.2, 0.25) is 0 Å². The van der Waals surface area contributed by atoms with Gasteiger partial charge in [-0.1, -0.05) is 42.1 Å². The average Bonchev–Trinajstić information content (AvgIpc) is 3.20. The molecule has 0 fully saturated rings. The molecule has 3 N–H and O–H groups in total. The number of aromatic nitrogens is 2. The topological polar surface area (TPSA) is 133 Å².